The van der Waals surface area contributed by atoms with Crippen LogP contribution in [-0.4, -0.2) is 21.5 Å². The Morgan fingerprint density at radius 3 is 3.00 bits per heavy atom. The Kier molecular flexibility index (Phi) is 3.69. The van der Waals surface area contributed by atoms with Gasteiger partial charge in [0.05, 0.1) is 5.39 Å². The maximum absolute atomic E-state index is 5.65. The van der Waals surface area contributed by atoms with E-state index in [4.69, 9.17) is 5.73 Å². The number of unbranched alkanes of at least 4 members (excludes halogenated alkanes) is 2. The molecule has 5 heteroatoms. The molecule has 0 atom stereocenters. The van der Waals surface area contributed by atoms with Gasteiger partial charge in [-0.1, -0.05) is 19.8 Å². The second-order valence-electron chi connectivity index (χ2n) is 3.94. The van der Waals surface area contributed by atoms with Crippen molar-refractivity contribution < 1.29 is 0 Å². The Morgan fingerprint density at radius 1 is 1.29 bits per heavy atom. The van der Waals surface area contributed by atoms with Crippen LogP contribution in [0.5, 0.6) is 0 Å². The van der Waals surface area contributed by atoms with Crippen LogP contribution < -0.4 is 11.1 Å². The second-order valence-corrected chi connectivity index (χ2v) is 3.94. The molecule has 0 radical (unpaired) electrons. The Morgan fingerprint density at radius 2 is 2.18 bits per heavy atom. The van der Waals surface area contributed by atoms with E-state index in [9.17, 15) is 0 Å². The second kappa shape index (κ2) is 5.43. The summed E-state index contributed by atoms with van der Waals surface area (Å²) in [5.41, 5.74) is 6.29. The zero-order valence-electron chi connectivity index (χ0n) is 9.98. The Bertz CT molecular complexity index is 497. The zero-order chi connectivity index (χ0) is 12.1. The summed E-state index contributed by atoms with van der Waals surface area (Å²) in [6, 6.07) is 3.82. The predicted octanol–water partition coefficient (Wildman–Crippen LogP) is 2.21. The molecule has 2 rings (SSSR count). The maximum Gasteiger partial charge on any atom is 0.224 e. The van der Waals surface area contributed by atoms with Gasteiger partial charge in [-0.15, -0.1) is 0 Å². The fraction of sp³-hybridized carbons (Fsp3) is 0.417. The molecule has 0 aliphatic heterocycles. The number of fused-ring (bicyclic) bond motifs is 1. The number of aromatic nitrogens is 3. The van der Waals surface area contributed by atoms with Crippen molar-refractivity contribution in [3.05, 3.63) is 18.3 Å². The van der Waals surface area contributed by atoms with Gasteiger partial charge in [-0.2, -0.15) is 9.97 Å². The number of hydrogen-bond acceptors (Lipinski definition) is 5. The maximum atomic E-state index is 5.65. The van der Waals surface area contributed by atoms with Gasteiger partial charge in [0.15, 0.2) is 5.65 Å². The normalized spacial score (nSPS) is 10.6. The summed E-state index contributed by atoms with van der Waals surface area (Å²) in [6.07, 6.45) is 5.25. The van der Waals surface area contributed by atoms with Crippen LogP contribution in [-0.2, 0) is 0 Å². The smallest absolute Gasteiger partial charge is 0.224 e. The highest BCUT2D eigenvalue weighted by Crippen LogP contribution is 2.18. The van der Waals surface area contributed by atoms with E-state index in [0.29, 0.717) is 5.65 Å². The van der Waals surface area contributed by atoms with E-state index in [0.717, 1.165) is 24.2 Å². The first-order valence-electron chi connectivity index (χ1n) is 5.93. The third kappa shape index (κ3) is 2.81. The van der Waals surface area contributed by atoms with Gasteiger partial charge < -0.3 is 11.1 Å². The van der Waals surface area contributed by atoms with Gasteiger partial charge in [-0.3, -0.25) is 0 Å². The van der Waals surface area contributed by atoms with Gasteiger partial charge in [0.1, 0.15) is 5.82 Å². The molecule has 0 bridgehead atoms. The molecular weight excluding hydrogens is 214 g/mol. The number of nitrogens with two attached hydrogens (primary N) is 1. The first kappa shape index (κ1) is 11.6. The molecule has 0 aliphatic rings. The van der Waals surface area contributed by atoms with E-state index in [-0.39, 0.29) is 5.95 Å². The van der Waals surface area contributed by atoms with Crippen molar-refractivity contribution in [2.24, 2.45) is 0 Å². The minimum absolute atomic E-state index is 0.259. The lowest BCUT2D eigenvalue weighted by Gasteiger charge is -2.08. The molecule has 0 unspecified atom stereocenters. The molecule has 2 aromatic heterocycles. The Labute approximate surface area is 100 Å². The van der Waals surface area contributed by atoms with Gasteiger partial charge in [0.25, 0.3) is 0 Å². The van der Waals surface area contributed by atoms with Gasteiger partial charge in [-0.05, 0) is 18.6 Å². The van der Waals surface area contributed by atoms with Crippen molar-refractivity contribution in [1.82, 2.24) is 15.0 Å². The molecule has 0 saturated carbocycles. The van der Waals surface area contributed by atoms with Gasteiger partial charge >= 0.3 is 0 Å². The van der Waals surface area contributed by atoms with Crippen molar-refractivity contribution >= 4 is 22.8 Å². The van der Waals surface area contributed by atoms with Crippen LogP contribution in [0.25, 0.3) is 11.0 Å². The molecule has 0 saturated heterocycles. The van der Waals surface area contributed by atoms with E-state index in [1.165, 1.54) is 12.8 Å². The average molecular weight is 231 g/mol. The number of pyridine rings is 1. The highest BCUT2D eigenvalue weighted by molar-refractivity contribution is 5.87. The van der Waals surface area contributed by atoms with E-state index < -0.39 is 0 Å². The van der Waals surface area contributed by atoms with E-state index >= 15 is 0 Å². The van der Waals surface area contributed by atoms with Crippen molar-refractivity contribution in [3.63, 3.8) is 0 Å². The molecule has 17 heavy (non-hydrogen) atoms. The van der Waals surface area contributed by atoms with Crippen molar-refractivity contribution in [3.8, 4) is 0 Å². The van der Waals surface area contributed by atoms with Gasteiger partial charge in [0, 0.05) is 12.7 Å². The third-order valence-electron chi connectivity index (χ3n) is 2.56. The monoisotopic (exact) mass is 231 g/mol. The average Bonchev–Trinajstić information content (AvgIpc) is 2.34. The number of rotatable bonds is 5. The number of nitrogens with one attached hydrogen (secondary N) is 1. The number of nitrogens with zero attached hydrogens (tertiary/aromatic N) is 3. The van der Waals surface area contributed by atoms with Crippen LogP contribution in [0.3, 0.4) is 0 Å². The molecule has 90 valence electrons. The lowest BCUT2D eigenvalue weighted by atomic mass is 10.2. The highest BCUT2D eigenvalue weighted by atomic mass is 15.1. The van der Waals surface area contributed by atoms with Crippen molar-refractivity contribution in [2.45, 2.75) is 26.2 Å². The third-order valence-corrected chi connectivity index (χ3v) is 2.56. The summed E-state index contributed by atoms with van der Waals surface area (Å²) in [7, 11) is 0. The molecule has 0 amide bonds. The van der Waals surface area contributed by atoms with E-state index in [1.807, 2.05) is 12.1 Å². The minimum atomic E-state index is 0.259. The molecule has 5 nitrogen and oxygen atoms in total. The first-order chi connectivity index (χ1) is 8.31. The topological polar surface area (TPSA) is 76.7 Å². The molecule has 0 aromatic carbocycles. The van der Waals surface area contributed by atoms with Gasteiger partial charge in [-0.25, -0.2) is 4.98 Å². The summed E-state index contributed by atoms with van der Waals surface area (Å²) < 4.78 is 0. The predicted molar refractivity (Wildman–Crippen MR) is 69.8 cm³/mol. The minimum Gasteiger partial charge on any atom is -0.369 e. The number of nitrogen functional groups attached to an aromatic ring is 1. The van der Waals surface area contributed by atoms with Crippen molar-refractivity contribution in [1.29, 1.82) is 0 Å². The van der Waals surface area contributed by atoms with Crippen LogP contribution >= 0.6 is 0 Å². The van der Waals surface area contributed by atoms with Crippen LogP contribution in [0.15, 0.2) is 18.3 Å². The van der Waals surface area contributed by atoms with Crippen molar-refractivity contribution in [2.75, 3.05) is 17.6 Å². The molecule has 2 aromatic rings. The fourth-order valence-electron chi connectivity index (χ4n) is 1.70. The fourth-order valence-corrected chi connectivity index (χ4v) is 1.70. The van der Waals surface area contributed by atoms with Crippen LogP contribution in [0.2, 0.25) is 0 Å². The summed E-state index contributed by atoms with van der Waals surface area (Å²) in [4.78, 5) is 12.5. The standard InChI is InChI=1S/C12H17N5/c1-2-3-4-7-14-10-9-6-5-8-15-11(9)17-12(13)16-10/h5-6,8H,2-4,7H2,1H3,(H3,13,14,15,16,17). The summed E-state index contributed by atoms with van der Waals surface area (Å²) in [5, 5.41) is 4.21. The quantitative estimate of drug-likeness (QED) is 0.771. The Hall–Kier alpha value is -1.91. The van der Waals surface area contributed by atoms with E-state index in [1.54, 1.807) is 6.20 Å². The molecule has 0 aliphatic carbocycles. The highest BCUT2D eigenvalue weighted by Gasteiger charge is 2.05. The summed E-state index contributed by atoms with van der Waals surface area (Å²) in [6.45, 7) is 3.08. The van der Waals surface area contributed by atoms with Gasteiger partial charge in [0.2, 0.25) is 5.95 Å². The van der Waals surface area contributed by atoms with Crippen LogP contribution in [0, 0.1) is 0 Å². The molecule has 0 spiro atoms. The molecular formula is C12H17N5. The SMILES string of the molecule is CCCCCNc1nc(N)nc2ncccc12. The number of hydrogen-bond donors (Lipinski definition) is 2. The lowest BCUT2D eigenvalue weighted by molar-refractivity contribution is 0.743. The molecule has 3 N–H and O–H groups in total. The summed E-state index contributed by atoms with van der Waals surface area (Å²) >= 11 is 0. The van der Waals surface area contributed by atoms with E-state index in [2.05, 4.69) is 27.2 Å². The summed E-state index contributed by atoms with van der Waals surface area (Å²) in [5.74, 6) is 1.03. The first-order valence-corrected chi connectivity index (χ1v) is 5.93. The molecule has 0 fully saturated rings. The zero-order valence-corrected chi connectivity index (χ0v) is 9.98. The lowest BCUT2D eigenvalue weighted by Crippen LogP contribution is -2.07. The number of anilines is 2. The Balaban J connectivity index is 2.20. The molecule has 2 heterocycles. The van der Waals surface area contributed by atoms with Crippen LogP contribution in [0.1, 0.15) is 26.2 Å². The largest absolute Gasteiger partial charge is 0.369 e. The van der Waals surface area contributed by atoms with Crippen LogP contribution in [0.4, 0.5) is 11.8 Å².